The molecule has 1 atom stereocenters. The van der Waals surface area contributed by atoms with Crippen molar-refractivity contribution in [2.24, 2.45) is 5.92 Å². The van der Waals surface area contributed by atoms with Crippen LogP contribution in [0.2, 0.25) is 0 Å². The maximum absolute atomic E-state index is 12.6. The first-order valence-electron chi connectivity index (χ1n) is 9.33. The molecule has 0 radical (unpaired) electrons. The molecule has 1 saturated carbocycles. The molecule has 0 spiro atoms. The average Bonchev–Trinajstić information content (AvgIpc) is 3.23. The predicted octanol–water partition coefficient (Wildman–Crippen LogP) is 3.89. The number of aromatic nitrogens is 1. The number of benzene rings is 1. The fraction of sp³-hybridized carbons (Fsp3) is 0.429. The van der Waals surface area contributed by atoms with Crippen LogP contribution >= 0.6 is 0 Å². The molecule has 26 heavy (non-hydrogen) atoms. The zero-order chi connectivity index (χ0) is 17.9. The van der Waals surface area contributed by atoms with Crippen molar-refractivity contribution in [2.75, 3.05) is 13.7 Å². The second kappa shape index (κ2) is 7.36. The summed E-state index contributed by atoms with van der Waals surface area (Å²) in [5.41, 5.74) is 2.98. The third kappa shape index (κ3) is 3.26. The van der Waals surface area contributed by atoms with Crippen LogP contribution in [-0.2, 0) is 4.79 Å². The number of amides is 1. The number of methoxy groups -OCH3 is 1. The first kappa shape index (κ1) is 16.9. The molecule has 5 heteroatoms. The molecule has 4 rings (SSSR count). The highest BCUT2D eigenvalue weighted by Gasteiger charge is 2.28. The largest absolute Gasteiger partial charge is 0.493 e. The van der Waals surface area contributed by atoms with E-state index >= 15 is 0 Å². The lowest BCUT2D eigenvalue weighted by Gasteiger charge is -2.28. The van der Waals surface area contributed by atoms with E-state index < -0.39 is 0 Å². The number of carbonyl (C=O) groups excluding carboxylic acids is 1. The zero-order valence-electron chi connectivity index (χ0n) is 15.0. The Kier molecular flexibility index (Phi) is 4.78. The van der Waals surface area contributed by atoms with Gasteiger partial charge in [0.15, 0.2) is 0 Å². The van der Waals surface area contributed by atoms with Crippen LogP contribution in [0.4, 0.5) is 0 Å². The summed E-state index contributed by atoms with van der Waals surface area (Å²) in [5.74, 6) is 1.79. The minimum atomic E-state index is -0.00512. The summed E-state index contributed by atoms with van der Waals surface area (Å²) in [6, 6.07) is 9.96. The maximum Gasteiger partial charge on any atom is 0.223 e. The van der Waals surface area contributed by atoms with E-state index in [9.17, 15) is 4.79 Å². The van der Waals surface area contributed by atoms with E-state index in [1.54, 1.807) is 13.3 Å². The molecule has 1 N–H and O–H groups in total. The van der Waals surface area contributed by atoms with Crippen molar-refractivity contribution < 1.29 is 14.3 Å². The third-order valence-corrected chi connectivity index (χ3v) is 5.37. The van der Waals surface area contributed by atoms with Crippen molar-refractivity contribution in [3.63, 3.8) is 0 Å². The maximum atomic E-state index is 12.6. The molecule has 1 fully saturated rings. The smallest absolute Gasteiger partial charge is 0.223 e. The molecule has 1 aromatic carbocycles. The number of hydrogen-bond acceptors (Lipinski definition) is 4. The Balaban J connectivity index is 1.63. The van der Waals surface area contributed by atoms with Gasteiger partial charge in [-0.3, -0.25) is 4.79 Å². The number of hydrogen-bond donors (Lipinski definition) is 1. The van der Waals surface area contributed by atoms with Gasteiger partial charge in [0, 0.05) is 29.7 Å². The second-order valence-electron chi connectivity index (χ2n) is 6.99. The Labute approximate surface area is 153 Å². The molecule has 136 valence electrons. The lowest BCUT2D eigenvalue weighted by molar-refractivity contribution is -0.125. The zero-order valence-corrected chi connectivity index (χ0v) is 15.0. The van der Waals surface area contributed by atoms with Gasteiger partial charge < -0.3 is 14.8 Å². The van der Waals surface area contributed by atoms with Gasteiger partial charge in [-0.15, -0.1) is 0 Å². The number of rotatable bonds is 4. The summed E-state index contributed by atoms with van der Waals surface area (Å²) in [6.07, 6.45) is 6.85. The van der Waals surface area contributed by atoms with Crippen LogP contribution in [0.25, 0.3) is 11.1 Å². The van der Waals surface area contributed by atoms with Crippen LogP contribution in [-0.4, -0.2) is 24.6 Å². The van der Waals surface area contributed by atoms with Crippen molar-refractivity contribution >= 4 is 5.91 Å². The van der Waals surface area contributed by atoms with Gasteiger partial charge in [-0.1, -0.05) is 18.9 Å². The monoisotopic (exact) mass is 352 g/mol. The number of ether oxygens (including phenoxy) is 2. The van der Waals surface area contributed by atoms with Gasteiger partial charge in [0.1, 0.15) is 5.75 Å². The summed E-state index contributed by atoms with van der Waals surface area (Å²) in [7, 11) is 1.62. The van der Waals surface area contributed by atoms with Crippen LogP contribution in [0.15, 0.2) is 36.5 Å². The van der Waals surface area contributed by atoms with E-state index in [0.29, 0.717) is 12.5 Å². The first-order chi connectivity index (χ1) is 12.8. The lowest BCUT2D eigenvalue weighted by Crippen LogP contribution is -2.35. The van der Waals surface area contributed by atoms with Gasteiger partial charge >= 0.3 is 0 Å². The van der Waals surface area contributed by atoms with Gasteiger partial charge in [-0.2, -0.15) is 0 Å². The molecular weight excluding hydrogens is 328 g/mol. The molecule has 2 aliphatic rings. The van der Waals surface area contributed by atoms with Crippen molar-refractivity contribution in [1.29, 1.82) is 0 Å². The molecule has 1 aliphatic heterocycles. The normalized spacial score (nSPS) is 19.5. The van der Waals surface area contributed by atoms with Crippen molar-refractivity contribution in [2.45, 2.75) is 38.1 Å². The minimum absolute atomic E-state index is 0.00512. The summed E-state index contributed by atoms with van der Waals surface area (Å²) in [4.78, 5) is 16.9. The second-order valence-corrected chi connectivity index (χ2v) is 6.99. The van der Waals surface area contributed by atoms with E-state index in [1.165, 1.54) is 0 Å². The quantitative estimate of drug-likeness (QED) is 0.907. The Hall–Kier alpha value is -2.56. The lowest BCUT2D eigenvalue weighted by atomic mass is 9.95. The summed E-state index contributed by atoms with van der Waals surface area (Å²) in [5, 5.41) is 3.26. The van der Waals surface area contributed by atoms with Gasteiger partial charge in [0.2, 0.25) is 11.8 Å². The molecule has 5 nitrogen and oxygen atoms in total. The molecule has 1 aliphatic carbocycles. The average molecular weight is 352 g/mol. The molecule has 2 heterocycles. The van der Waals surface area contributed by atoms with Gasteiger partial charge in [0.25, 0.3) is 0 Å². The molecule has 1 unspecified atom stereocenters. The van der Waals surface area contributed by atoms with Gasteiger partial charge in [-0.25, -0.2) is 4.98 Å². The predicted molar refractivity (Wildman–Crippen MR) is 99.2 cm³/mol. The highest BCUT2D eigenvalue weighted by Crippen LogP contribution is 2.38. The third-order valence-electron chi connectivity index (χ3n) is 5.37. The number of pyridine rings is 1. The molecule has 1 aromatic heterocycles. The van der Waals surface area contributed by atoms with Crippen molar-refractivity contribution in [3.05, 3.63) is 42.1 Å². The van der Waals surface area contributed by atoms with E-state index in [1.807, 2.05) is 24.3 Å². The highest BCUT2D eigenvalue weighted by atomic mass is 16.5. The fourth-order valence-corrected chi connectivity index (χ4v) is 3.96. The van der Waals surface area contributed by atoms with Crippen LogP contribution in [0.5, 0.6) is 11.6 Å². The molecule has 0 saturated heterocycles. The van der Waals surface area contributed by atoms with Gasteiger partial charge in [0.05, 0.1) is 19.8 Å². The highest BCUT2D eigenvalue weighted by molar-refractivity contribution is 5.80. The molecular formula is C21H24N2O3. The SMILES string of the molecule is COc1ncccc1-c1ccc2c(c1)C(NC(=O)C1CCCC1)CCO2. The van der Waals surface area contributed by atoms with Crippen molar-refractivity contribution in [3.8, 4) is 22.8 Å². The van der Waals surface area contributed by atoms with Crippen LogP contribution in [0, 0.1) is 5.92 Å². The summed E-state index contributed by atoms with van der Waals surface area (Å²) < 4.78 is 11.2. The van der Waals surface area contributed by atoms with Crippen molar-refractivity contribution in [1.82, 2.24) is 10.3 Å². The summed E-state index contributed by atoms with van der Waals surface area (Å²) in [6.45, 7) is 0.623. The minimum Gasteiger partial charge on any atom is -0.493 e. The Morgan fingerprint density at radius 1 is 1.23 bits per heavy atom. The topological polar surface area (TPSA) is 60.5 Å². The van der Waals surface area contributed by atoms with E-state index in [2.05, 4.69) is 16.4 Å². The van der Waals surface area contributed by atoms with E-state index in [-0.39, 0.29) is 17.9 Å². The number of carbonyl (C=O) groups is 1. The molecule has 2 aromatic rings. The standard InChI is InChI=1S/C21H24N2O3/c1-25-21-16(7-4-11-22-21)15-8-9-19-17(13-15)18(10-12-26-19)23-20(24)14-5-2-3-6-14/h4,7-9,11,13-14,18H,2-3,5-6,10,12H2,1H3,(H,23,24). The molecule has 1 amide bonds. The van der Waals surface area contributed by atoms with E-state index in [4.69, 9.17) is 9.47 Å². The fourth-order valence-electron chi connectivity index (χ4n) is 3.96. The molecule has 0 bridgehead atoms. The number of nitrogens with one attached hydrogen (secondary N) is 1. The van der Waals surface area contributed by atoms with Crippen LogP contribution < -0.4 is 14.8 Å². The Morgan fingerprint density at radius 3 is 2.88 bits per heavy atom. The number of nitrogens with zero attached hydrogens (tertiary/aromatic N) is 1. The Morgan fingerprint density at radius 2 is 2.08 bits per heavy atom. The first-order valence-corrected chi connectivity index (χ1v) is 9.33. The summed E-state index contributed by atoms with van der Waals surface area (Å²) >= 11 is 0. The van der Waals surface area contributed by atoms with Crippen LogP contribution in [0.3, 0.4) is 0 Å². The van der Waals surface area contributed by atoms with Crippen LogP contribution in [0.1, 0.15) is 43.7 Å². The Bertz CT molecular complexity index is 800. The van der Waals surface area contributed by atoms with E-state index in [0.717, 1.165) is 54.5 Å². The number of fused-ring (bicyclic) bond motifs is 1. The van der Waals surface area contributed by atoms with Gasteiger partial charge in [-0.05, 0) is 42.7 Å².